The second-order valence-electron chi connectivity index (χ2n) is 2.69. The fraction of sp³-hybridized carbons (Fsp3) is 1.00. The maximum absolute atomic E-state index is 9.20. The first-order valence-corrected chi connectivity index (χ1v) is 3.38. The van der Waals surface area contributed by atoms with E-state index < -0.39 is 12.4 Å². The summed E-state index contributed by atoms with van der Waals surface area (Å²) in [6, 6.07) is -0.362. The number of hydrogen-bond acceptors (Lipinski definition) is 4. The Morgan fingerprint density at radius 2 is 2.10 bits per heavy atom. The van der Waals surface area contributed by atoms with Crippen molar-refractivity contribution >= 4 is 0 Å². The average Bonchev–Trinajstić information content (AvgIpc) is 1.82. The lowest BCUT2D eigenvalue weighted by molar-refractivity contribution is -0.198. The van der Waals surface area contributed by atoms with Gasteiger partial charge in [0.05, 0.1) is 12.2 Å². The third kappa shape index (κ3) is 1.46. The lowest BCUT2D eigenvalue weighted by atomic mass is 10.0. The van der Waals surface area contributed by atoms with Gasteiger partial charge in [-0.25, -0.2) is 0 Å². The highest BCUT2D eigenvalue weighted by atomic mass is 16.6. The number of aliphatic hydroxyl groups is 2. The van der Waals surface area contributed by atoms with Gasteiger partial charge in [-0.3, -0.25) is 0 Å². The van der Waals surface area contributed by atoms with Crippen LogP contribution in [0.25, 0.3) is 0 Å². The first-order valence-electron chi connectivity index (χ1n) is 3.38. The SMILES string of the molecule is C[C@@H]1O[C@@H](O)C[C@H](N)[C@H]1O. The van der Waals surface area contributed by atoms with Crippen molar-refractivity contribution in [3.05, 3.63) is 0 Å². The van der Waals surface area contributed by atoms with Gasteiger partial charge in [-0.05, 0) is 6.92 Å². The summed E-state index contributed by atoms with van der Waals surface area (Å²) in [5, 5.41) is 18.2. The lowest BCUT2D eigenvalue weighted by Gasteiger charge is -2.33. The third-order valence-electron chi connectivity index (χ3n) is 1.77. The Bertz CT molecular complexity index is 108. The van der Waals surface area contributed by atoms with Crippen LogP contribution >= 0.6 is 0 Å². The maximum atomic E-state index is 9.20. The molecule has 1 aliphatic rings. The average molecular weight is 147 g/mol. The van der Waals surface area contributed by atoms with Crippen LogP contribution < -0.4 is 5.73 Å². The van der Waals surface area contributed by atoms with Gasteiger partial charge in [-0.2, -0.15) is 0 Å². The second-order valence-corrected chi connectivity index (χ2v) is 2.69. The molecular formula is C6H13NO3. The van der Waals surface area contributed by atoms with Crippen LogP contribution in [0.15, 0.2) is 0 Å². The van der Waals surface area contributed by atoms with E-state index in [9.17, 15) is 5.11 Å². The fourth-order valence-electron chi connectivity index (χ4n) is 1.10. The van der Waals surface area contributed by atoms with Gasteiger partial charge in [0.2, 0.25) is 0 Å². The van der Waals surface area contributed by atoms with Gasteiger partial charge in [0.25, 0.3) is 0 Å². The smallest absolute Gasteiger partial charge is 0.156 e. The molecule has 4 nitrogen and oxygen atoms in total. The predicted octanol–water partition coefficient (Wildman–Crippen LogP) is -1.20. The van der Waals surface area contributed by atoms with Gasteiger partial charge in [0.15, 0.2) is 6.29 Å². The minimum Gasteiger partial charge on any atom is -0.389 e. The van der Waals surface area contributed by atoms with E-state index in [1.54, 1.807) is 6.92 Å². The molecule has 0 unspecified atom stereocenters. The van der Waals surface area contributed by atoms with E-state index in [1.165, 1.54) is 0 Å². The van der Waals surface area contributed by atoms with Crippen LogP contribution in [0.3, 0.4) is 0 Å². The molecule has 4 N–H and O–H groups in total. The number of rotatable bonds is 0. The Hall–Kier alpha value is -0.160. The molecule has 1 rings (SSSR count). The highest BCUT2D eigenvalue weighted by molar-refractivity contribution is 4.82. The summed E-state index contributed by atoms with van der Waals surface area (Å²) in [7, 11) is 0. The standard InChI is InChI=1S/C6H13NO3/c1-3-6(9)4(7)2-5(8)10-3/h3-6,8-9H,2,7H2,1H3/t3-,4-,5+,6-/m0/s1. The van der Waals surface area contributed by atoms with Crippen LogP contribution in [0.2, 0.25) is 0 Å². The van der Waals surface area contributed by atoms with Crippen LogP contribution in [0.4, 0.5) is 0 Å². The molecule has 0 amide bonds. The van der Waals surface area contributed by atoms with Crippen molar-refractivity contribution in [2.24, 2.45) is 5.73 Å². The molecule has 10 heavy (non-hydrogen) atoms. The number of aliphatic hydroxyl groups excluding tert-OH is 2. The van der Waals surface area contributed by atoms with Crippen LogP contribution in [-0.4, -0.2) is 34.8 Å². The molecule has 0 aromatic carbocycles. The zero-order chi connectivity index (χ0) is 7.72. The van der Waals surface area contributed by atoms with Crippen molar-refractivity contribution in [3.63, 3.8) is 0 Å². The van der Waals surface area contributed by atoms with E-state index in [0.717, 1.165) is 0 Å². The van der Waals surface area contributed by atoms with Crippen LogP contribution in [0.5, 0.6) is 0 Å². The van der Waals surface area contributed by atoms with Crippen molar-refractivity contribution in [3.8, 4) is 0 Å². The van der Waals surface area contributed by atoms with Crippen molar-refractivity contribution in [1.82, 2.24) is 0 Å². The van der Waals surface area contributed by atoms with E-state index in [-0.39, 0.29) is 12.1 Å². The van der Waals surface area contributed by atoms with Gasteiger partial charge >= 0.3 is 0 Å². The van der Waals surface area contributed by atoms with Crippen LogP contribution in [0.1, 0.15) is 13.3 Å². The van der Waals surface area contributed by atoms with E-state index >= 15 is 0 Å². The minimum atomic E-state index is -0.812. The zero-order valence-electron chi connectivity index (χ0n) is 5.90. The molecule has 4 heteroatoms. The Morgan fingerprint density at radius 1 is 1.50 bits per heavy atom. The lowest BCUT2D eigenvalue weighted by Crippen LogP contribution is -2.51. The van der Waals surface area contributed by atoms with Crippen LogP contribution in [-0.2, 0) is 4.74 Å². The fourth-order valence-corrected chi connectivity index (χ4v) is 1.10. The molecule has 1 fully saturated rings. The van der Waals surface area contributed by atoms with Gasteiger partial charge in [-0.15, -0.1) is 0 Å². The van der Waals surface area contributed by atoms with Crippen LogP contribution in [0, 0.1) is 0 Å². The number of hydrogen-bond donors (Lipinski definition) is 3. The molecule has 0 aromatic heterocycles. The molecule has 1 saturated heterocycles. The molecule has 0 aromatic rings. The summed E-state index contributed by atoms with van der Waals surface area (Å²) in [5.74, 6) is 0. The molecule has 0 bridgehead atoms. The molecule has 1 heterocycles. The summed E-state index contributed by atoms with van der Waals surface area (Å²) in [6.07, 6.45) is -1.51. The summed E-state index contributed by atoms with van der Waals surface area (Å²) in [4.78, 5) is 0. The summed E-state index contributed by atoms with van der Waals surface area (Å²) < 4.78 is 4.89. The molecule has 0 aliphatic carbocycles. The van der Waals surface area contributed by atoms with E-state index in [1.807, 2.05) is 0 Å². The molecule has 4 atom stereocenters. The Labute approximate surface area is 59.6 Å². The molecular weight excluding hydrogens is 134 g/mol. The Kier molecular flexibility index (Phi) is 2.25. The van der Waals surface area contributed by atoms with Gasteiger partial charge < -0.3 is 20.7 Å². The van der Waals surface area contributed by atoms with Crippen molar-refractivity contribution in [2.45, 2.75) is 37.9 Å². The summed E-state index contributed by atoms with van der Waals surface area (Å²) in [5.41, 5.74) is 5.47. The minimum absolute atomic E-state index is 0.311. The van der Waals surface area contributed by atoms with Gasteiger partial charge in [-0.1, -0.05) is 0 Å². The normalized spacial score (nSPS) is 49.2. The first kappa shape index (κ1) is 7.94. The molecule has 0 saturated carbocycles. The number of ether oxygens (including phenoxy) is 1. The molecule has 60 valence electrons. The quantitative estimate of drug-likeness (QED) is 0.402. The molecule has 0 radical (unpaired) electrons. The number of nitrogens with two attached hydrogens (primary N) is 1. The van der Waals surface area contributed by atoms with E-state index in [4.69, 9.17) is 15.6 Å². The topological polar surface area (TPSA) is 75.7 Å². The monoisotopic (exact) mass is 147 g/mol. The van der Waals surface area contributed by atoms with Crippen molar-refractivity contribution in [1.29, 1.82) is 0 Å². The zero-order valence-corrected chi connectivity index (χ0v) is 5.90. The third-order valence-corrected chi connectivity index (χ3v) is 1.77. The van der Waals surface area contributed by atoms with E-state index in [0.29, 0.717) is 6.42 Å². The highest BCUT2D eigenvalue weighted by Gasteiger charge is 2.31. The maximum Gasteiger partial charge on any atom is 0.156 e. The van der Waals surface area contributed by atoms with E-state index in [2.05, 4.69) is 0 Å². The van der Waals surface area contributed by atoms with Crippen molar-refractivity contribution < 1.29 is 14.9 Å². The predicted molar refractivity (Wildman–Crippen MR) is 35.2 cm³/mol. The van der Waals surface area contributed by atoms with Gasteiger partial charge in [0.1, 0.15) is 0 Å². The second kappa shape index (κ2) is 2.84. The first-order chi connectivity index (χ1) is 4.61. The largest absolute Gasteiger partial charge is 0.389 e. The molecule has 0 spiro atoms. The highest BCUT2D eigenvalue weighted by Crippen LogP contribution is 2.16. The molecule has 1 aliphatic heterocycles. The summed E-state index contributed by atoms with van der Waals surface area (Å²) in [6.45, 7) is 1.69. The Morgan fingerprint density at radius 3 is 2.60 bits per heavy atom. The summed E-state index contributed by atoms with van der Waals surface area (Å²) >= 11 is 0. The van der Waals surface area contributed by atoms with Gasteiger partial charge in [0, 0.05) is 12.5 Å². The Balaban J connectivity index is 2.49. The van der Waals surface area contributed by atoms with Crippen molar-refractivity contribution in [2.75, 3.05) is 0 Å².